The Morgan fingerprint density at radius 2 is 2.00 bits per heavy atom. The molecular weight excluding hydrogens is 216 g/mol. The van der Waals surface area contributed by atoms with Crippen molar-refractivity contribution in [2.75, 3.05) is 11.9 Å². The van der Waals surface area contributed by atoms with Crippen LogP contribution < -0.4 is 11.1 Å². The molecule has 1 amide bonds. The smallest absolute Gasteiger partial charge is 0.253 e. The number of ether oxygens (including phenoxy) is 1. The van der Waals surface area contributed by atoms with Gasteiger partial charge in [-0.15, -0.1) is 0 Å². The summed E-state index contributed by atoms with van der Waals surface area (Å²) in [6, 6.07) is 9.29. The molecule has 94 valence electrons. The summed E-state index contributed by atoms with van der Waals surface area (Å²) in [5, 5.41) is 2.77. The zero-order valence-corrected chi connectivity index (χ0v) is 10.6. The molecule has 1 rings (SSSR count). The third-order valence-electron chi connectivity index (χ3n) is 2.12. The van der Waals surface area contributed by atoms with Crippen molar-refractivity contribution in [2.45, 2.75) is 32.4 Å². The third kappa shape index (κ3) is 5.47. The van der Waals surface area contributed by atoms with Gasteiger partial charge >= 0.3 is 0 Å². The Bertz CT molecular complexity index is 357. The minimum absolute atomic E-state index is 0.166. The maximum atomic E-state index is 11.8. The highest BCUT2D eigenvalue weighted by molar-refractivity contribution is 5.93. The van der Waals surface area contributed by atoms with Gasteiger partial charge in [0.1, 0.15) is 6.10 Å². The molecule has 0 saturated heterocycles. The summed E-state index contributed by atoms with van der Waals surface area (Å²) in [5.74, 6) is -0.166. The normalized spacial score (nSPS) is 13.2. The first-order valence-corrected chi connectivity index (χ1v) is 5.65. The van der Waals surface area contributed by atoms with Crippen LogP contribution in [0.2, 0.25) is 0 Å². The molecule has 0 radical (unpaired) electrons. The quantitative estimate of drug-likeness (QED) is 0.819. The molecule has 0 fully saturated rings. The molecule has 0 aromatic heterocycles. The van der Waals surface area contributed by atoms with E-state index in [1.165, 1.54) is 0 Å². The van der Waals surface area contributed by atoms with Gasteiger partial charge in [0.15, 0.2) is 0 Å². The second-order valence-corrected chi connectivity index (χ2v) is 4.80. The van der Waals surface area contributed by atoms with Gasteiger partial charge in [-0.3, -0.25) is 4.79 Å². The molecule has 4 nitrogen and oxygen atoms in total. The van der Waals surface area contributed by atoms with Crippen molar-refractivity contribution >= 4 is 11.6 Å². The minimum atomic E-state index is -0.516. The average molecular weight is 236 g/mol. The highest BCUT2D eigenvalue weighted by atomic mass is 16.5. The Hall–Kier alpha value is -1.39. The van der Waals surface area contributed by atoms with E-state index in [9.17, 15) is 4.79 Å². The Kier molecular flexibility index (Phi) is 4.66. The minimum Gasteiger partial charge on any atom is -0.367 e. The van der Waals surface area contributed by atoms with E-state index < -0.39 is 11.6 Å². The fraction of sp³-hybridized carbons (Fsp3) is 0.462. The Morgan fingerprint density at radius 1 is 1.41 bits per heavy atom. The topological polar surface area (TPSA) is 64.3 Å². The molecule has 0 spiro atoms. The fourth-order valence-corrected chi connectivity index (χ4v) is 1.18. The molecule has 1 aromatic carbocycles. The number of rotatable bonds is 5. The van der Waals surface area contributed by atoms with E-state index in [4.69, 9.17) is 10.5 Å². The number of hydrogen-bond acceptors (Lipinski definition) is 3. The number of nitrogens with one attached hydrogen (secondary N) is 1. The maximum Gasteiger partial charge on any atom is 0.253 e. The van der Waals surface area contributed by atoms with E-state index in [-0.39, 0.29) is 5.91 Å². The summed E-state index contributed by atoms with van der Waals surface area (Å²) in [5.41, 5.74) is 6.11. The van der Waals surface area contributed by atoms with Crippen molar-refractivity contribution in [3.8, 4) is 0 Å². The number of amides is 1. The van der Waals surface area contributed by atoms with Gasteiger partial charge in [-0.2, -0.15) is 0 Å². The molecule has 1 aromatic rings. The molecule has 0 aliphatic heterocycles. The molecule has 4 heteroatoms. The molecule has 17 heavy (non-hydrogen) atoms. The number of nitrogens with two attached hydrogens (primary N) is 1. The number of carbonyl (C=O) groups excluding carboxylic acids is 1. The number of carbonyl (C=O) groups is 1. The predicted octanol–water partition coefficient (Wildman–Crippen LogP) is 1.77. The van der Waals surface area contributed by atoms with Crippen molar-refractivity contribution in [3.63, 3.8) is 0 Å². The standard InChI is InChI=1S/C13H20N2O2/c1-10(17-9-13(2,3)14)12(16)15-11-7-5-4-6-8-11/h4-8,10H,9,14H2,1-3H3,(H,15,16). The fourth-order valence-electron chi connectivity index (χ4n) is 1.18. The maximum absolute atomic E-state index is 11.8. The molecule has 1 unspecified atom stereocenters. The Labute approximate surface area is 102 Å². The van der Waals surface area contributed by atoms with Crippen molar-refractivity contribution in [1.82, 2.24) is 0 Å². The van der Waals surface area contributed by atoms with Crippen LogP contribution in [0.1, 0.15) is 20.8 Å². The van der Waals surface area contributed by atoms with Crippen LogP contribution in [0.5, 0.6) is 0 Å². The van der Waals surface area contributed by atoms with Crippen LogP contribution in [-0.2, 0) is 9.53 Å². The lowest BCUT2D eigenvalue weighted by molar-refractivity contribution is -0.127. The van der Waals surface area contributed by atoms with Crippen molar-refractivity contribution in [1.29, 1.82) is 0 Å². The van der Waals surface area contributed by atoms with Crippen LogP contribution >= 0.6 is 0 Å². The summed E-state index contributed by atoms with van der Waals surface area (Å²) >= 11 is 0. The van der Waals surface area contributed by atoms with Gasteiger partial charge in [0.05, 0.1) is 6.61 Å². The van der Waals surface area contributed by atoms with Crippen LogP contribution in [0.25, 0.3) is 0 Å². The summed E-state index contributed by atoms with van der Waals surface area (Å²) in [6.45, 7) is 5.77. The van der Waals surface area contributed by atoms with Crippen LogP contribution in [-0.4, -0.2) is 24.2 Å². The first-order valence-electron chi connectivity index (χ1n) is 5.65. The molecular formula is C13H20N2O2. The third-order valence-corrected chi connectivity index (χ3v) is 2.12. The molecule has 1 atom stereocenters. The van der Waals surface area contributed by atoms with Gasteiger partial charge in [-0.25, -0.2) is 0 Å². The van der Waals surface area contributed by atoms with Crippen molar-refractivity contribution in [3.05, 3.63) is 30.3 Å². The lowest BCUT2D eigenvalue weighted by atomic mass is 10.1. The molecule has 0 saturated carbocycles. The first kappa shape index (κ1) is 13.7. The van der Waals surface area contributed by atoms with Gasteiger partial charge in [-0.05, 0) is 32.9 Å². The monoisotopic (exact) mass is 236 g/mol. The summed E-state index contributed by atoms with van der Waals surface area (Å²) < 4.78 is 5.40. The SMILES string of the molecule is CC(OCC(C)(C)N)C(=O)Nc1ccccc1. The second kappa shape index (κ2) is 5.80. The van der Waals surface area contributed by atoms with Crippen LogP contribution in [0.4, 0.5) is 5.69 Å². The Balaban J connectivity index is 2.43. The second-order valence-electron chi connectivity index (χ2n) is 4.80. The van der Waals surface area contributed by atoms with E-state index in [0.29, 0.717) is 6.61 Å². The lowest BCUT2D eigenvalue weighted by Crippen LogP contribution is -2.40. The van der Waals surface area contributed by atoms with E-state index in [1.807, 2.05) is 44.2 Å². The number of hydrogen-bond donors (Lipinski definition) is 2. The van der Waals surface area contributed by atoms with Crippen LogP contribution in [0.15, 0.2) is 30.3 Å². The highest BCUT2D eigenvalue weighted by Crippen LogP contribution is 2.07. The van der Waals surface area contributed by atoms with Gasteiger partial charge in [0.25, 0.3) is 5.91 Å². The number of para-hydroxylation sites is 1. The summed E-state index contributed by atoms with van der Waals surface area (Å²) in [6.07, 6.45) is -0.516. The van der Waals surface area contributed by atoms with Gasteiger partial charge in [0, 0.05) is 11.2 Å². The van der Waals surface area contributed by atoms with Crippen molar-refractivity contribution < 1.29 is 9.53 Å². The average Bonchev–Trinajstić information content (AvgIpc) is 2.26. The van der Waals surface area contributed by atoms with Crippen molar-refractivity contribution in [2.24, 2.45) is 5.73 Å². The van der Waals surface area contributed by atoms with E-state index in [0.717, 1.165) is 5.69 Å². The molecule has 0 aliphatic rings. The summed E-state index contributed by atoms with van der Waals surface area (Å²) in [7, 11) is 0. The lowest BCUT2D eigenvalue weighted by Gasteiger charge is -2.21. The molecule has 3 N–H and O–H groups in total. The highest BCUT2D eigenvalue weighted by Gasteiger charge is 2.18. The van der Waals surface area contributed by atoms with E-state index >= 15 is 0 Å². The van der Waals surface area contributed by atoms with Gasteiger partial charge in [0.2, 0.25) is 0 Å². The molecule has 0 aliphatic carbocycles. The molecule has 0 bridgehead atoms. The largest absolute Gasteiger partial charge is 0.367 e. The number of anilines is 1. The van der Waals surface area contributed by atoms with Crippen LogP contribution in [0.3, 0.4) is 0 Å². The van der Waals surface area contributed by atoms with Gasteiger partial charge < -0.3 is 15.8 Å². The summed E-state index contributed by atoms with van der Waals surface area (Å²) in [4.78, 5) is 11.8. The first-order chi connectivity index (χ1) is 7.88. The van der Waals surface area contributed by atoms with E-state index in [2.05, 4.69) is 5.32 Å². The molecule has 0 heterocycles. The predicted molar refractivity (Wildman–Crippen MR) is 68.8 cm³/mol. The van der Waals surface area contributed by atoms with Gasteiger partial charge in [-0.1, -0.05) is 18.2 Å². The zero-order valence-electron chi connectivity index (χ0n) is 10.6. The Morgan fingerprint density at radius 3 is 2.53 bits per heavy atom. The van der Waals surface area contributed by atoms with Crippen LogP contribution in [0, 0.1) is 0 Å². The zero-order chi connectivity index (χ0) is 12.9. The van der Waals surface area contributed by atoms with E-state index in [1.54, 1.807) is 6.92 Å². The number of benzene rings is 1.